The molecule has 0 bridgehead atoms. The Bertz CT molecular complexity index is 664. The molecule has 19 heavy (non-hydrogen) atoms. The second-order valence-electron chi connectivity index (χ2n) is 4.14. The van der Waals surface area contributed by atoms with Crippen molar-refractivity contribution in [3.05, 3.63) is 41.6 Å². The lowest BCUT2D eigenvalue weighted by Gasteiger charge is -2.04. The summed E-state index contributed by atoms with van der Waals surface area (Å²) in [7, 11) is -3.57. The van der Waals surface area contributed by atoms with E-state index >= 15 is 0 Å². The average molecular weight is 280 g/mol. The molecular formula is C12H16N4O2S. The molecule has 0 aromatic carbocycles. The van der Waals surface area contributed by atoms with E-state index in [1.807, 2.05) is 26.0 Å². The molecule has 2 rings (SSSR count). The molecule has 0 saturated heterocycles. The number of aromatic amines is 1. The molecule has 0 unspecified atom stereocenters. The van der Waals surface area contributed by atoms with E-state index in [-0.39, 0.29) is 11.6 Å². The van der Waals surface area contributed by atoms with E-state index in [0.29, 0.717) is 17.9 Å². The van der Waals surface area contributed by atoms with E-state index in [1.165, 1.54) is 6.20 Å². The molecule has 0 aliphatic carbocycles. The second kappa shape index (κ2) is 5.50. The minimum atomic E-state index is -3.57. The molecule has 0 aliphatic rings. The number of hydrogen-bond acceptors (Lipinski definition) is 4. The van der Waals surface area contributed by atoms with Crippen LogP contribution < -0.4 is 4.72 Å². The normalized spacial score (nSPS) is 11.7. The van der Waals surface area contributed by atoms with Crippen LogP contribution in [0.3, 0.4) is 0 Å². The Morgan fingerprint density at radius 1 is 1.37 bits per heavy atom. The molecule has 6 nitrogen and oxygen atoms in total. The SMILES string of the molecule is CCc1ncc(S(=O)(=O)NCc2cccc(C)n2)[nH]1. The van der Waals surface area contributed by atoms with Crippen molar-refractivity contribution in [3.8, 4) is 0 Å². The summed E-state index contributed by atoms with van der Waals surface area (Å²) in [6, 6.07) is 5.48. The lowest BCUT2D eigenvalue weighted by Crippen LogP contribution is -2.24. The zero-order valence-corrected chi connectivity index (χ0v) is 11.7. The van der Waals surface area contributed by atoms with Crippen molar-refractivity contribution in [2.75, 3.05) is 0 Å². The van der Waals surface area contributed by atoms with Gasteiger partial charge in [0.1, 0.15) is 5.82 Å². The minimum Gasteiger partial charge on any atom is -0.332 e. The first kappa shape index (κ1) is 13.7. The van der Waals surface area contributed by atoms with Crippen LogP contribution in [0, 0.1) is 6.92 Å². The summed E-state index contributed by atoms with van der Waals surface area (Å²) in [5, 5.41) is 0.0806. The van der Waals surface area contributed by atoms with Gasteiger partial charge < -0.3 is 4.98 Å². The molecule has 0 spiro atoms. The van der Waals surface area contributed by atoms with Gasteiger partial charge >= 0.3 is 0 Å². The summed E-state index contributed by atoms with van der Waals surface area (Å²) in [6.07, 6.45) is 1.99. The summed E-state index contributed by atoms with van der Waals surface area (Å²) in [4.78, 5) is 11.0. The molecule has 102 valence electrons. The number of aryl methyl sites for hydroxylation is 2. The van der Waals surface area contributed by atoms with Gasteiger partial charge in [-0.15, -0.1) is 0 Å². The highest BCUT2D eigenvalue weighted by Crippen LogP contribution is 2.07. The van der Waals surface area contributed by atoms with Gasteiger partial charge in [-0.1, -0.05) is 13.0 Å². The van der Waals surface area contributed by atoms with E-state index in [0.717, 1.165) is 5.69 Å². The van der Waals surface area contributed by atoms with Crippen LogP contribution >= 0.6 is 0 Å². The highest BCUT2D eigenvalue weighted by Gasteiger charge is 2.16. The number of aromatic nitrogens is 3. The third-order valence-electron chi connectivity index (χ3n) is 2.62. The van der Waals surface area contributed by atoms with Crippen molar-refractivity contribution >= 4 is 10.0 Å². The number of H-pyrrole nitrogens is 1. The van der Waals surface area contributed by atoms with Gasteiger partial charge in [-0.3, -0.25) is 4.98 Å². The molecule has 2 N–H and O–H groups in total. The van der Waals surface area contributed by atoms with Crippen LogP contribution in [0.15, 0.2) is 29.4 Å². The molecule has 0 atom stereocenters. The monoisotopic (exact) mass is 280 g/mol. The predicted molar refractivity (Wildman–Crippen MR) is 71.0 cm³/mol. The molecule has 2 aromatic heterocycles. The van der Waals surface area contributed by atoms with Gasteiger partial charge in [0.2, 0.25) is 0 Å². The first-order chi connectivity index (χ1) is 9.01. The van der Waals surface area contributed by atoms with E-state index in [2.05, 4.69) is 19.7 Å². The highest BCUT2D eigenvalue weighted by atomic mass is 32.2. The van der Waals surface area contributed by atoms with Crippen LogP contribution in [0.25, 0.3) is 0 Å². The number of nitrogens with one attached hydrogen (secondary N) is 2. The predicted octanol–water partition coefficient (Wildman–Crippen LogP) is 1.15. The lowest BCUT2D eigenvalue weighted by molar-refractivity contribution is 0.577. The fourth-order valence-corrected chi connectivity index (χ4v) is 2.54. The first-order valence-electron chi connectivity index (χ1n) is 5.97. The first-order valence-corrected chi connectivity index (χ1v) is 7.45. The van der Waals surface area contributed by atoms with Gasteiger partial charge in [0, 0.05) is 12.1 Å². The van der Waals surface area contributed by atoms with Gasteiger partial charge in [0.15, 0.2) is 5.03 Å². The summed E-state index contributed by atoms with van der Waals surface area (Å²) in [5.41, 5.74) is 1.53. The Hall–Kier alpha value is -1.73. The average Bonchev–Trinajstić information content (AvgIpc) is 2.86. The fraction of sp³-hybridized carbons (Fsp3) is 0.333. The number of hydrogen-bond donors (Lipinski definition) is 2. The van der Waals surface area contributed by atoms with E-state index < -0.39 is 10.0 Å². The number of sulfonamides is 1. The molecule has 0 radical (unpaired) electrons. The molecule has 0 aliphatic heterocycles. The van der Waals surface area contributed by atoms with Crippen LogP contribution in [0.4, 0.5) is 0 Å². The largest absolute Gasteiger partial charge is 0.332 e. The van der Waals surface area contributed by atoms with Gasteiger partial charge in [0.05, 0.1) is 18.4 Å². The van der Waals surface area contributed by atoms with Crippen molar-refractivity contribution in [1.82, 2.24) is 19.7 Å². The number of rotatable bonds is 5. The minimum absolute atomic E-state index is 0.0806. The van der Waals surface area contributed by atoms with Crippen molar-refractivity contribution in [1.29, 1.82) is 0 Å². The number of pyridine rings is 1. The highest BCUT2D eigenvalue weighted by molar-refractivity contribution is 7.89. The van der Waals surface area contributed by atoms with Crippen molar-refractivity contribution < 1.29 is 8.42 Å². The maximum Gasteiger partial charge on any atom is 0.257 e. The maximum atomic E-state index is 12.0. The summed E-state index contributed by atoms with van der Waals surface area (Å²) in [5.74, 6) is 0.647. The maximum absolute atomic E-state index is 12.0. The van der Waals surface area contributed by atoms with Crippen molar-refractivity contribution in [3.63, 3.8) is 0 Å². The molecule has 0 fully saturated rings. The Morgan fingerprint density at radius 3 is 2.79 bits per heavy atom. The summed E-state index contributed by atoms with van der Waals surface area (Å²) >= 11 is 0. The molecular weight excluding hydrogens is 264 g/mol. The van der Waals surface area contributed by atoms with Crippen molar-refractivity contribution in [2.45, 2.75) is 31.8 Å². The van der Waals surface area contributed by atoms with E-state index in [4.69, 9.17) is 0 Å². The topological polar surface area (TPSA) is 87.7 Å². The van der Waals surface area contributed by atoms with Gasteiger partial charge in [0.25, 0.3) is 10.0 Å². The zero-order chi connectivity index (χ0) is 13.9. The van der Waals surface area contributed by atoms with Crippen LogP contribution in [0.2, 0.25) is 0 Å². The standard InChI is InChI=1S/C12H16N4O2S/c1-3-11-13-8-12(16-11)19(17,18)14-7-10-6-4-5-9(2)15-10/h4-6,8,14H,3,7H2,1-2H3,(H,13,16). The quantitative estimate of drug-likeness (QED) is 0.860. The van der Waals surface area contributed by atoms with Crippen LogP contribution in [0.5, 0.6) is 0 Å². The lowest BCUT2D eigenvalue weighted by atomic mass is 10.3. The Labute approximate surface area is 112 Å². The smallest absolute Gasteiger partial charge is 0.257 e. The van der Waals surface area contributed by atoms with Gasteiger partial charge in [-0.2, -0.15) is 0 Å². The Morgan fingerprint density at radius 2 is 2.16 bits per heavy atom. The van der Waals surface area contributed by atoms with Crippen LogP contribution in [-0.2, 0) is 23.0 Å². The molecule has 2 aromatic rings. The third-order valence-corrected chi connectivity index (χ3v) is 3.93. The molecule has 7 heteroatoms. The van der Waals surface area contributed by atoms with E-state index in [9.17, 15) is 8.42 Å². The summed E-state index contributed by atoms with van der Waals surface area (Å²) < 4.78 is 26.5. The third kappa shape index (κ3) is 3.39. The van der Waals surface area contributed by atoms with Crippen LogP contribution in [-0.4, -0.2) is 23.4 Å². The Balaban J connectivity index is 2.09. The fourth-order valence-electron chi connectivity index (χ4n) is 1.60. The summed E-state index contributed by atoms with van der Waals surface area (Å²) in [6.45, 7) is 3.92. The molecule has 2 heterocycles. The molecule has 0 amide bonds. The van der Waals surface area contributed by atoms with E-state index in [1.54, 1.807) is 6.07 Å². The second-order valence-corrected chi connectivity index (χ2v) is 5.88. The van der Waals surface area contributed by atoms with Gasteiger partial charge in [-0.05, 0) is 19.1 Å². The van der Waals surface area contributed by atoms with Crippen molar-refractivity contribution in [2.24, 2.45) is 0 Å². The Kier molecular flexibility index (Phi) is 3.96. The van der Waals surface area contributed by atoms with Crippen LogP contribution in [0.1, 0.15) is 24.1 Å². The zero-order valence-electron chi connectivity index (χ0n) is 10.8. The molecule has 0 saturated carbocycles. The number of nitrogens with zero attached hydrogens (tertiary/aromatic N) is 2. The van der Waals surface area contributed by atoms with Gasteiger partial charge in [-0.25, -0.2) is 18.1 Å². The number of imidazole rings is 1.